The Hall–Kier alpha value is -1.99. The van der Waals surface area contributed by atoms with E-state index in [-0.39, 0.29) is 5.75 Å². The highest BCUT2D eigenvalue weighted by molar-refractivity contribution is 5.85. The number of rotatable bonds is 5. The molecule has 0 fully saturated rings. The second-order valence-electron chi connectivity index (χ2n) is 4.62. The minimum atomic E-state index is -1.95. The van der Waals surface area contributed by atoms with E-state index in [1.807, 2.05) is 24.3 Å². The molecule has 0 aliphatic rings. The van der Waals surface area contributed by atoms with Gasteiger partial charge in [-0.25, -0.2) is 4.79 Å². The molecule has 0 aliphatic carbocycles. The molecule has 21 heavy (non-hydrogen) atoms. The number of ether oxygens (including phenoxy) is 1. The maximum Gasteiger partial charge on any atom is 0.343 e. The molecule has 0 bridgehead atoms. The molecule has 0 radical (unpaired) electrons. The van der Waals surface area contributed by atoms with E-state index in [1.54, 1.807) is 18.2 Å². The molecule has 0 unspecified atom stereocenters. The molecule has 0 saturated carbocycles. The summed E-state index contributed by atoms with van der Waals surface area (Å²) in [6.07, 6.45) is -5.38. The second-order valence-corrected chi connectivity index (χ2v) is 4.62. The Balaban J connectivity index is 2.10. The minimum Gasteiger partial charge on any atom is -0.425 e. The van der Waals surface area contributed by atoms with E-state index in [9.17, 15) is 20.1 Å². The number of carbonyl (C=O) groups excluding carboxylic acids is 1. The summed E-state index contributed by atoms with van der Waals surface area (Å²) < 4.78 is 4.96. The lowest BCUT2D eigenvalue weighted by atomic mass is 10.1. The lowest BCUT2D eigenvalue weighted by molar-refractivity contribution is -0.156. The Morgan fingerprint density at radius 1 is 1.05 bits per heavy atom. The molecule has 0 saturated heterocycles. The van der Waals surface area contributed by atoms with E-state index in [2.05, 4.69) is 0 Å². The smallest absolute Gasteiger partial charge is 0.343 e. The molecular formula is C15H16O6. The molecule has 0 aliphatic heterocycles. The molecule has 0 amide bonds. The monoisotopic (exact) mass is 292 g/mol. The predicted octanol–water partition coefficient (Wildman–Crippen LogP) is -0.180. The maximum absolute atomic E-state index is 11.7. The van der Waals surface area contributed by atoms with Crippen molar-refractivity contribution >= 4 is 16.7 Å². The van der Waals surface area contributed by atoms with Crippen LogP contribution in [0.15, 0.2) is 42.5 Å². The lowest BCUT2D eigenvalue weighted by Crippen LogP contribution is -2.45. The third kappa shape index (κ3) is 3.56. The van der Waals surface area contributed by atoms with Gasteiger partial charge in [0, 0.05) is 0 Å². The predicted molar refractivity (Wildman–Crippen MR) is 74.7 cm³/mol. The van der Waals surface area contributed by atoms with Gasteiger partial charge < -0.3 is 25.2 Å². The van der Waals surface area contributed by atoms with Gasteiger partial charge in [-0.3, -0.25) is 0 Å². The molecule has 112 valence electrons. The fourth-order valence-corrected chi connectivity index (χ4v) is 1.87. The first-order chi connectivity index (χ1) is 10.0. The number of aliphatic hydroxyl groups is 4. The summed E-state index contributed by atoms with van der Waals surface area (Å²) in [4.78, 5) is 11.7. The van der Waals surface area contributed by atoms with Gasteiger partial charge in [0.2, 0.25) is 0 Å². The summed E-state index contributed by atoms with van der Waals surface area (Å²) >= 11 is 0. The normalized spacial score (nSPS) is 15.4. The number of carbonyl (C=O) groups is 1. The molecule has 0 aromatic heterocycles. The fraction of sp³-hybridized carbons (Fsp3) is 0.267. The highest BCUT2D eigenvalue weighted by Crippen LogP contribution is 2.21. The molecule has 0 heterocycles. The largest absolute Gasteiger partial charge is 0.425 e. The van der Waals surface area contributed by atoms with Crippen LogP contribution in [0.25, 0.3) is 10.8 Å². The van der Waals surface area contributed by atoms with E-state index >= 15 is 0 Å². The van der Waals surface area contributed by atoms with E-state index < -0.39 is 30.9 Å². The van der Waals surface area contributed by atoms with Crippen LogP contribution in [0.2, 0.25) is 0 Å². The standard InChI is InChI=1S/C15H16O6/c16-8-12(17)13(18)14(19)15(20)21-11-6-5-9-3-1-2-4-10(9)7-11/h1-7,12-14,16-19H,8H2/t12-,13-,14+/m1/s1. The second kappa shape index (κ2) is 6.64. The number of esters is 1. The summed E-state index contributed by atoms with van der Waals surface area (Å²) in [6, 6.07) is 12.4. The molecular weight excluding hydrogens is 276 g/mol. The van der Waals surface area contributed by atoms with Crippen LogP contribution >= 0.6 is 0 Å². The van der Waals surface area contributed by atoms with Gasteiger partial charge in [-0.1, -0.05) is 30.3 Å². The highest BCUT2D eigenvalue weighted by atomic mass is 16.6. The molecule has 6 heteroatoms. The number of benzene rings is 2. The molecule has 0 spiro atoms. The van der Waals surface area contributed by atoms with Gasteiger partial charge in [0.25, 0.3) is 0 Å². The molecule has 4 N–H and O–H groups in total. The Morgan fingerprint density at radius 3 is 2.38 bits per heavy atom. The fourth-order valence-electron chi connectivity index (χ4n) is 1.87. The Morgan fingerprint density at radius 2 is 1.71 bits per heavy atom. The van der Waals surface area contributed by atoms with Gasteiger partial charge in [0.15, 0.2) is 6.10 Å². The number of hydrogen-bond donors (Lipinski definition) is 4. The highest BCUT2D eigenvalue weighted by Gasteiger charge is 2.31. The Bertz CT molecular complexity index is 626. The summed E-state index contributed by atoms with van der Waals surface area (Å²) in [5, 5.41) is 38.7. The lowest BCUT2D eigenvalue weighted by Gasteiger charge is -2.20. The molecule has 6 nitrogen and oxygen atoms in total. The zero-order valence-corrected chi connectivity index (χ0v) is 11.1. The van der Waals surface area contributed by atoms with Crippen molar-refractivity contribution in [2.75, 3.05) is 6.61 Å². The number of fused-ring (bicyclic) bond motifs is 1. The van der Waals surface area contributed by atoms with Gasteiger partial charge in [-0.2, -0.15) is 0 Å². The van der Waals surface area contributed by atoms with Gasteiger partial charge in [0.05, 0.1) is 6.61 Å². The molecule has 2 aromatic rings. The number of aliphatic hydroxyl groups excluding tert-OH is 4. The van der Waals surface area contributed by atoms with Gasteiger partial charge in [-0.05, 0) is 22.9 Å². The zero-order chi connectivity index (χ0) is 15.4. The Kier molecular flexibility index (Phi) is 4.87. The average Bonchev–Trinajstić information content (AvgIpc) is 2.52. The van der Waals surface area contributed by atoms with Crippen LogP contribution in [-0.4, -0.2) is 51.3 Å². The van der Waals surface area contributed by atoms with Gasteiger partial charge in [0.1, 0.15) is 18.0 Å². The topological polar surface area (TPSA) is 107 Å². The van der Waals surface area contributed by atoms with Crippen LogP contribution in [-0.2, 0) is 4.79 Å². The summed E-state index contributed by atoms with van der Waals surface area (Å²) in [5.74, 6) is -0.895. The molecule has 3 atom stereocenters. The minimum absolute atomic E-state index is 0.212. The van der Waals surface area contributed by atoms with Crippen molar-refractivity contribution < 1.29 is 30.0 Å². The van der Waals surface area contributed by atoms with Gasteiger partial charge >= 0.3 is 5.97 Å². The van der Waals surface area contributed by atoms with E-state index in [0.29, 0.717) is 0 Å². The first kappa shape index (κ1) is 15.4. The molecule has 2 aromatic carbocycles. The van der Waals surface area contributed by atoms with Crippen LogP contribution in [0.1, 0.15) is 0 Å². The third-order valence-electron chi connectivity index (χ3n) is 3.09. The van der Waals surface area contributed by atoms with Crippen LogP contribution in [0.4, 0.5) is 0 Å². The van der Waals surface area contributed by atoms with Crippen molar-refractivity contribution in [3.05, 3.63) is 42.5 Å². The molecule has 2 rings (SSSR count). The van der Waals surface area contributed by atoms with Crippen LogP contribution in [0, 0.1) is 0 Å². The van der Waals surface area contributed by atoms with Gasteiger partial charge in [-0.15, -0.1) is 0 Å². The first-order valence-electron chi connectivity index (χ1n) is 6.38. The van der Waals surface area contributed by atoms with Crippen molar-refractivity contribution in [3.8, 4) is 5.75 Å². The van der Waals surface area contributed by atoms with Crippen molar-refractivity contribution in [2.24, 2.45) is 0 Å². The van der Waals surface area contributed by atoms with E-state index in [1.165, 1.54) is 0 Å². The SMILES string of the molecule is O=C(Oc1ccc2ccccc2c1)[C@@H](O)[C@H](O)[C@H](O)CO. The van der Waals surface area contributed by atoms with E-state index in [0.717, 1.165) is 10.8 Å². The third-order valence-corrected chi connectivity index (χ3v) is 3.09. The summed E-state index contributed by atoms with van der Waals surface area (Å²) in [6.45, 7) is -0.776. The van der Waals surface area contributed by atoms with Crippen molar-refractivity contribution in [3.63, 3.8) is 0 Å². The summed E-state index contributed by atoms with van der Waals surface area (Å²) in [7, 11) is 0. The number of hydrogen-bond acceptors (Lipinski definition) is 6. The van der Waals surface area contributed by atoms with Crippen molar-refractivity contribution in [1.29, 1.82) is 0 Å². The van der Waals surface area contributed by atoms with Crippen LogP contribution in [0.3, 0.4) is 0 Å². The van der Waals surface area contributed by atoms with Crippen LogP contribution < -0.4 is 4.74 Å². The van der Waals surface area contributed by atoms with E-state index in [4.69, 9.17) is 9.84 Å². The Labute approximate surface area is 120 Å². The maximum atomic E-state index is 11.7. The average molecular weight is 292 g/mol. The summed E-state index contributed by atoms with van der Waals surface area (Å²) in [5.41, 5.74) is 0. The first-order valence-corrected chi connectivity index (χ1v) is 6.38. The quantitative estimate of drug-likeness (QED) is 0.450. The zero-order valence-electron chi connectivity index (χ0n) is 11.1. The van der Waals surface area contributed by atoms with Crippen LogP contribution in [0.5, 0.6) is 5.75 Å². The van der Waals surface area contributed by atoms with Crippen molar-refractivity contribution in [2.45, 2.75) is 18.3 Å². The van der Waals surface area contributed by atoms with Crippen molar-refractivity contribution in [1.82, 2.24) is 0 Å².